The third-order valence-corrected chi connectivity index (χ3v) is 3.98. The number of aliphatic hydroxyl groups is 1. The average Bonchev–Trinajstić information content (AvgIpc) is 2.94. The van der Waals surface area contributed by atoms with Crippen LogP contribution in [0.4, 0.5) is 20.6 Å². The summed E-state index contributed by atoms with van der Waals surface area (Å²) < 4.78 is 25.6. The summed E-state index contributed by atoms with van der Waals surface area (Å²) in [4.78, 5) is 20.7. The molecule has 3 rings (SSSR count). The molecular weight excluding hydrogens is 472 g/mol. The van der Waals surface area contributed by atoms with Gasteiger partial charge in [0.2, 0.25) is 0 Å². The average molecular weight is 487 g/mol. The molecule has 0 fully saturated rings. The van der Waals surface area contributed by atoms with E-state index in [0.717, 1.165) is 3.57 Å². The first-order valence-electron chi connectivity index (χ1n) is 7.80. The third kappa shape index (κ3) is 4.84. The highest BCUT2D eigenvalue weighted by molar-refractivity contribution is 14.1. The molecule has 0 aliphatic carbocycles. The molecule has 0 aliphatic rings. The second-order valence-corrected chi connectivity index (χ2v) is 6.78. The number of nitrogens with one attached hydrogen (secondary N) is 2. The van der Waals surface area contributed by atoms with Crippen molar-refractivity contribution in [2.45, 2.75) is 13.0 Å². The summed E-state index contributed by atoms with van der Waals surface area (Å²) in [5, 5.41) is 12.5. The Morgan fingerprint density at radius 2 is 2.26 bits per heavy atom. The Morgan fingerprint density at radius 3 is 3.00 bits per heavy atom. The lowest BCUT2D eigenvalue weighted by molar-refractivity contribution is -0.00534. The predicted octanol–water partition coefficient (Wildman–Crippen LogP) is 3.72. The molecule has 1 amide bonds. The van der Waals surface area contributed by atoms with Crippen molar-refractivity contribution in [2.24, 2.45) is 0 Å². The molecule has 0 bridgehead atoms. The van der Waals surface area contributed by atoms with Gasteiger partial charge in [-0.15, -0.1) is 0 Å². The van der Waals surface area contributed by atoms with Gasteiger partial charge in [-0.3, -0.25) is 9.82 Å². The van der Waals surface area contributed by atoms with Gasteiger partial charge in [0.05, 0.1) is 17.2 Å². The maximum Gasteiger partial charge on any atom is 0.439 e. The second kappa shape index (κ2) is 8.50. The Morgan fingerprint density at radius 1 is 1.44 bits per heavy atom. The van der Waals surface area contributed by atoms with E-state index in [-0.39, 0.29) is 23.9 Å². The number of fused-ring (bicyclic) bond motifs is 1. The van der Waals surface area contributed by atoms with Crippen LogP contribution in [0.2, 0.25) is 0 Å². The minimum absolute atomic E-state index is 0.113. The molecule has 8 nitrogen and oxygen atoms in total. The first kappa shape index (κ1) is 19.3. The van der Waals surface area contributed by atoms with Gasteiger partial charge in [0.1, 0.15) is 23.7 Å². The Labute approximate surface area is 166 Å². The molecule has 10 heteroatoms. The summed E-state index contributed by atoms with van der Waals surface area (Å²) in [5.74, 6) is -0.662. The number of hydrogen-bond donors (Lipinski definition) is 3. The molecule has 0 radical (unpaired) electrons. The molecule has 27 heavy (non-hydrogen) atoms. The first-order chi connectivity index (χ1) is 12.9. The van der Waals surface area contributed by atoms with Gasteiger partial charge in [-0.05, 0) is 53.8 Å². The molecule has 2 heterocycles. The fourth-order valence-corrected chi connectivity index (χ4v) is 2.61. The Balaban J connectivity index is 1.86. The maximum absolute atomic E-state index is 14.2. The SMILES string of the molecule is C[C@H](O)CONC(=O)Oc1oc2ccncc2c1Nc1ccc(I)cc1F. The number of aromatic nitrogens is 1. The van der Waals surface area contributed by atoms with Gasteiger partial charge in [0.25, 0.3) is 0 Å². The molecule has 142 valence electrons. The number of halogens is 2. The van der Waals surface area contributed by atoms with Gasteiger partial charge in [-0.2, -0.15) is 5.48 Å². The molecule has 0 aliphatic heterocycles. The van der Waals surface area contributed by atoms with Crippen LogP contribution in [0, 0.1) is 9.39 Å². The highest BCUT2D eigenvalue weighted by atomic mass is 127. The van der Waals surface area contributed by atoms with Crippen LogP contribution in [0.1, 0.15) is 6.92 Å². The highest BCUT2D eigenvalue weighted by Gasteiger charge is 2.20. The summed E-state index contributed by atoms with van der Waals surface area (Å²) in [5.41, 5.74) is 2.83. The monoisotopic (exact) mass is 487 g/mol. The van der Waals surface area contributed by atoms with E-state index in [0.29, 0.717) is 11.0 Å². The van der Waals surface area contributed by atoms with Crippen LogP contribution in [-0.4, -0.2) is 28.9 Å². The number of carbonyl (C=O) groups excluding carboxylic acids is 1. The van der Waals surface area contributed by atoms with Crippen molar-refractivity contribution in [1.82, 2.24) is 10.5 Å². The van der Waals surface area contributed by atoms with Gasteiger partial charge in [-0.25, -0.2) is 9.18 Å². The van der Waals surface area contributed by atoms with Crippen LogP contribution < -0.4 is 15.5 Å². The van der Waals surface area contributed by atoms with E-state index in [2.05, 4.69) is 10.3 Å². The minimum Gasteiger partial charge on any atom is -0.424 e. The van der Waals surface area contributed by atoms with Gasteiger partial charge in [0, 0.05) is 16.0 Å². The van der Waals surface area contributed by atoms with E-state index in [1.54, 1.807) is 18.2 Å². The number of pyridine rings is 1. The van der Waals surface area contributed by atoms with E-state index >= 15 is 0 Å². The number of furan rings is 1. The van der Waals surface area contributed by atoms with Gasteiger partial charge in [0.15, 0.2) is 0 Å². The zero-order chi connectivity index (χ0) is 19.4. The lowest BCUT2D eigenvalue weighted by Gasteiger charge is -2.10. The van der Waals surface area contributed by atoms with Crippen molar-refractivity contribution in [2.75, 3.05) is 11.9 Å². The molecule has 0 spiro atoms. The molecule has 0 saturated carbocycles. The topological polar surface area (TPSA) is 106 Å². The molecule has 0 unspecified atom stereocenters. The van der Waals surface area contributed by atoms with Crippen molar-refractivity contribution in [1.29, 1.82) is 0 Å². The van der Waals surface area contributed by atoms with Crippen LogP contribution in [0.3, 0.4) is 0 Å². The predicted molar refractivity (Wildman–Crippen MR) is 103 cm³/mol. The maximum atomic E-state index is 14.2. The summed E-state index contributed by atoms with van der Waals surface area (Å²) in [6, 6.07) is 6.23. The number of carbonyl (C=O) groups is 1. The normalized spacial score (nSPS) is 12.0. The number of nitrogens with zero attached hydrogens (tertiary/aromatic N) is 1. The summed E-state index contributed by atoms with van der Waals surface area (Å²) in [7, 11) is 0. The van der Waals surface area contributed by atoms with Crippen LogP contribution >= 0.6 is 22.6 Å². The lowest BCUT2D eigenvalue weighted by Crippen LogP contribution is -2.29. The highest BCUT2D eigenvalue weighted by Crippen LogP contribution is 2.39. The van der Waals surface area contributed by atoms with Crippen LogP contribution in [0.25, 0.3) is 11.0 Å². The Hall–Kier alpha value is -2.44. The van der Waals surface area contributed by atoms with Crippen molar-refractivity contribution in [3.8, 4) is 5.95 Å². The molecule has 1 atom stereocenters. The second-order valence-electron chi connectivity index (χ2n) is 5.54. The largest absolute Gasteiger partial charge is 0.439 e. The number of hydrogen-bond acceptors (Lipinski definition) is 7. The van der Waals surface area contributed by atoms with Gasteiger partial charge in [-0.1, -0.05) is 0 Å². The van der Waals surface area contributed by atoms with Gasteiger partial charge >= 0.3 is 12.0 Å². The summed E-state index contributed by atoms with van der Waals surface area (Å²) in [6.07, 6.45) is 1.29. The zero-order valence-corrected chi connectivity index (χ0v) is 16.2. The van der Waals surface area contributed by atoms with E-state index in [4.69, 9.17) is 19.1 Å². The Bertz CT molecular complexity index is 963. The van der Waals surface area contributed by atoms with Crippen molar-refractivity contribution < 1.29 is 28.3 Å². The third-order valence-electron chi connectivity index (χ3n) is 3.31. The number of anilines is 2. The molecule has 0 saturated heterocycles. The van der Waals surface area contributed by atoms with E-state index in [9.17, 15) is 9.18 Å². The number of benzene rings is 1. The molecule has 1 aromatic carbocycles. The fourth-order valence-electron chi connectivity index (χ4n) is 2.16. The summed E-state index contributed by atoms with van der Waals surface area (Å²) in [6.45, 7) is 1.38. The van der Waals surface area contributed by atoms with Crippen molar-refractivity contribution in [3.63, 3.8) is 0 Å². The quantitative estimate of drug-likeness (QED) is 0.360. The smallest absolute Gasteiger partial charge is 0.424 e. The Kier molecular flexibility index (Phi) is 6.08. The number of rotatable bonds is 6. The van der Waals surface area contributed by atoms with E-state index in [1.807, 2.05) is 28.1 Å². The van der Waals surface area contributed by atoms with Crippen molar-refractivity contribution >= 4 is 51.0 Å². The van der Waals surface area contributed by atoms with Crippen LogP contribution in [0.15, 0.2) is 41.1 Å². The number of amides is 1. The molecule has 3 aromatic rings. The fraction of sp³-hybridized carbons (Fsp3) is 0.176. The molecule has 3 N–H and O–H groups in total. The number of aliphatic hydroxyl groups excluding tert-OH is 1. The molecular formula is C17H15FIN3O5. The first-order valence-corrected chi connectivity index (χ1v) is 8.88. The minimum atomic E-state index is -0.964. The number of ether oxygens (including phenoxy) is 1. The zero-order valence-electron chi connectivity index (χ0n) is 14.0. The lowest BCUT2D eigenvalue weighted by atomic mass is 10.2. The number of hydroxylamine groups is 1. The van der Waals surface area contributed by atoms with Crippen molar-refractivity contribution in [3.05, 3.63) is 46.0 Å². The van der Waals surface area contributed by atoms with Crippen LogP contribution in [-0.2, 0) is 4.84 Å². The van der Waals surface area contributed by atoms with Crippen LogP contribution in [0.5, 0.6) is 5.95 Å². The molecule has 2 aromatic heterocycles. The van der Waals surface area contributed by atoms with E-state index in [1.165, 1.54) is 25.4 Å². The van der Waals surface area contributed by atoms with E-state index < -0.39 is 18.0 Å². The van der Waals surface area contributed by atoms with Gasteiger partial charge < -0.3 is 19.6 Å². The standard InChI is InChI=1S/C17H15FIN3O5/c1-9(23)8-25-22-17(24)27-16-15(11-7-20-5-4-14(11)26-16)21-13-3-2-10(19)6-12(13)18/h2-7,9,21,23H,8H2,1H3,(H,22,24)/t9-/m0/s1. The summed E-state index contributed by atoms with van der Waals surface area (Å²) >= 11 is 2.00.